The molecule has 2 aromatic heterocycles. The molecule has 2 aromatic carbocycles. The SMILES string of the molecule is Clc1ccc(CSc2ncnc3c2nnn3Cc2ccc(Cl)cc2)cc1. The minimum absolute atomic E-state index is 0.575. The average Bonchev–Trinajstić information content (AvgIpc) is 3.07. The van der Waals surface area contributed by atoms with Gasteiger partial charge >= 0.3 is 0 Å². The van der Waals surface area contributed by atoms with E-state index in [1.807, 2.05) is 48.5 Å². The summed E-state index contributed by atoms with van der Waals surface area (Å²) in [7, 11) is 0. The fourth-order valence-electron chi connectivity index (χ4n) is 2.48. The lowest BCUT2D eigenvalue weighted by Crippen LogP contribution is -2.03. The number of benzene rings is 2. The summed E-state index contributed by atoms with van der Waals surface area (Å²) in [6.07, 6.45) is 1.55. The van der Waals surface area contributed by atoms with Crippen LogP contribution in [0, 0.1) is 0 Å². The van der Waals surface area contributed by atoms with Crippen molar-refractivity contribution in [1.29, 1.82) is 0 Å². The van der Waals surface area contributed by atoms with Gasteiger partial charge in [0.1, 0.15) is 11.4 Å². The van der Waals surface area contributed by atoms with Gasteiger partial charge < -0.3 is 0 Å². The quantitative estimate of drug-likeness (QED) is 0.352. The van der Waals surface area contributed by atoms with Crippen molar-refractivity contribution in [3.05, 3.63) is 76.0 Å². The van der Waals surface area contributed by atoms with Crippen LogP contribution in [0.25, 0.3) is 11.2 Å². The van der Waals surface area contributed by atoms with Crippen molar-refractivity contribution in [2.24, 2.45) is 0 Å². The highest BCUT2D eigenvalue weighted by Gasteiger charge is 2.12. The van der Waals surface area contributed by atoms with Crippen molar-refractivity contribution in [1.82, 2.24) is 25.0 Å². The Morgan fingerprint density at radius 2 is 1.50 bits per heavy atom. The van der Waals surface area contributed by atoms with Gasteiger partial charge in [0, 0.05) is 15.8 Å². The number of fused-ring (bicyclic) bond motifs is 1. The molecular weight excluding hydrogens is 389 g/mol. The summed E-state index contributed by atoms with van der Waals surface area (Å²) in [5.41, 5.74) is 3.67. The summed E-state index contributed by atoms with van der Waals surface area (Å²) >= 11 is 13.5. The molecule has 26 heavy (non-hydrogen) atoms. The molecule has 4 aromatic rings. The Hall–Kier alpha value is -2.15. The van der Waals surface area contributed by atoms with E-state index in [4.69, 9.17) is 23.2 Å². The molecule has 0 saturated heterocycles. The maximum atomic E-state index is 5.94. The standard InChI is InChI=1S/C18H13Cl2N5S/c19-14-5-1-12(2-6-14)9-25-17-16(23-24-25)18(22-11-21-17)26-10-13-3-7-15(20)8-4-13/h1-8,11H,9-10H2. The molecule has 8 heteroatoms. The van der Waals surface area contributed by atoms with E-state index in [0.29, 0.717) is 22.7 Å². The highest BCUT2D eigenvalue weighted by atomic mass is 35.5. The van der Waals surface area contributed by atoms with Crippen molar-refractivity contribution in [3.63, 3.8) is 0 Å². The van der Waals surface area contributed by atoms with Gasteiger partial charge in [0.05, 0.1) is 6.54 Å². The van der Waals surface area contributed by atoms with Gasteiger partial charge in [-0.05, 0) is 35.4 Å². The van der Waals surface area contributed by atoms with Crippen LogP contribution in [0.3, 0.4) is 0 Å². The fraction of sp³-hybridized carbons (Fsp3) is 0.111. The minimum Gasteiger partial charge on any atom is -0.227 e. The molecule has 0 spiro atoms. The van der Waals surface area contributed by atoms with E-state index in [0.717, 1.165) is 21.4 Å². The molecular formula is C18H13Cl2N5S. The van der Waals surface area contributed by atoms with Crippen LogP contribution in [0.4, 0.5) is 0 Å². The van der Waals surface area contributed by atoms with Crippen molar-refractivity contribution in [2.45, 2.75) is 17.3 Å². The average molecular weight is 402 g/mol. The van der Waals surface area contributed by atoms with Crippen LogP contribution in [-0.2, 0) is 12.3 Å². The molecule has 0 radical (unpaired) electrons. The molecule has 0 fully saturated rings. The third-order valence-corrected chi connectivity index (χ3v) is 5.35. The fourth-order valence-corrected chi connectivity index (χ4v) is 3.62. The number of thioether (sulfide) groups is 1. The highest BCUT2D eigenvalue weighted by molar-refractivity contribution is 7.98. The maximum Gasteiger partial charge on any atom is 0.183 e. The van der Waals surface area contributed by atoms with E-state index in [2.05, 4.69) is 20.3 Å². The first-order valence-corrected chi connectivity index (χ1v) is 9.59. The third-order valence-electron chi connectivity index (χ3n) is 3.80. The smallest absolute Gasteiger partial charge is 0.183 e. The Bertz CT molecular complexity index is 1030. The van der Waals surface area contributed by atoms with Crippen LogP contribution < -0.4 is 0 Å². The van der Waals surface area contributed by atoms with Gasteiger partial charge in [-0.25, -0.2) is 14.6 Å². The number of hydrogen-bond donors (Lipinski definition) is 0. The molecule has 0 N–H and O–H groups in total. The van der Waals surface area contributed by atoms with Crippen LogP contribution in [-0.4, -0.2) is 25.0 Å². The normalized spacial score (nSPS) is 11.2. The molecule has 130 valence electrons. The Morgan fingerprint density at radius 3 is 2.19 bits per heavy atom. The van der Waals surface area contributed by atoms with E-state index in [1.165, 1.54) is 5.56 Å². The van der Waals surface area contributed by atoms with Gasteiger partial charge in [0.25, 0.3) is 0 Å². The van der Waals surface area contributed by atoms with E-state index < -0.39 is 0 Å². The van der Waals surface area contributed by atoms with Crippen LogP contribution >= 0.6 is 35.0 Å². The molecule has 0 aliphatic carbocycles. The summed E-state index contributed by atoms with van der Waals surface area (Å²) in [5.74, 6) is 0.771. The first kappa shape index (κ1) is 17.3. The molecule has 0 aliphatic heterocycles. The number of rotatable bonds is 5. The van der Waals surface area contributed by atoms with E-state index in [1.54, 1.807) is 22.8 Å². The van der Waals surface area contributed by atoms with Crippen LogP contribution in [0.2, 0.25) is 10.0 Å². The molecule has 0 saturated carbocycles. The number of halogens is 2. The molecule has 4 rings (SSSR count). The van der Waals surface area contributed by atoms with Gasteiger partial charge in [0.15, 0.2) is 11.2 Å². The van der Waals surface area contributed by atoms with Crippen molar-refractivity contribution in [2.75, 3.05) is 0 Å². The zero-order valence-corrected chi connectivity index (χ0v) is 15.8. The van der Waals surface area contributed by atoms with E-state index in [-0.39, 0.29) is 0 Å². The van der Waals surface area contributed by atoms with E-state index in [9.17, 15) is 0 Å². The predicted octanol–water partition coefficient (Wildman–Crippen LogP) is 4.87. The first-order valence-electron chi connectivity index (χ1n) is 7.85. The second kappa shape index (κ2) is 7.61. The lowest BCUT2D eigenvalue weighted by molar-refractivity contribution is 0.664. The summed E-state index contributed by atoms with van der Waals surface area (Å²) in [5, 5.41) is 10.8. The molecule has 5 nitrogen and oxygen atoms in total. The molecule has 0 aliphatic rings. The second-order valence-electron chi connectivity index (χ2n) is 5.64. The zero-order valence-electron chi connectivity index (χ0n) is 13.5. The predicted molar refractivity (Wildman–Crippen MR) is 105 cm³/mol. The summed E-state index contributed by atoms with van der Waals surface area (Å²) in [6.45, 7) is 0.575. The minimum atomic E-state index is 0.575. The second-order valence-corrected chi connectivity index (χ2v) is 7.48. The van der Waals surface area contributed by atoms with Gasteiger partial charge in [0.2, 0.25) is 0 Å². The number of hydrogen-bond acceptors (Lipinski definition) is 5. The summed E-state index contributed by atoms with van der Waals surface area (Å²) in [6, 6.07) is 15.4. The van der Waals surface area contributed by atoms with Crippen LogP contribution in [0.5, 0.6) is 0 Å². The molecule has 0 amide bonds. The van der Waals surface area contributed by atoms with Crippen molar-refractivity contribution >= 4 is 46.1 Å². The number of aromatic nitrogens is 5. The van der Waals surface area contributed by atoms with Gasteiger partial charge in [-0.2, -0.15) is 0 Å². The first-order chi connectivity index (χ1) is 12.7. The largest absolute Gasteiger partial charge is 0.227 e. The Balaban J connectivity index is 1.56. The van der Waals surface area contributed by atoms with E-state index >= 15 is 0 Å². The summed E-state index contributed by atoms with van der Waals surface area (Å²) in [4.78, 5) is 8.72. The summed E-state index contributed by atoms with van der Waals surface area (Å²) < 4.78 is 1.77. The molecule has 0 bridgehead atoms. The van der Waals surface area contributed by atoms with Crippen LogP contribution in [0.15, 0.2) is 59.9 Å². The number of nitrogens with zero attached hydrogens (tertiary/aromatic N) is 5. The topological polar surface area (TPSA) is 56.5 Å². The molecule has 0 atom stereocenters. The van der Waals surface area contributed by atoms with Gasteiger partial charge in [-0.15, -0.1) is 5.10 Å². The maximum absolute atomic E-state index is 5.94. The Morgan fingerprint density at radius 1 is 0.846 bits per heavy atom. The van der Waals surface area contributed by atoms with Crippen molar-refractivity contribution in [3.8, 4) is 0 Å². The zero-order chi connectivity index (χ0) is 17.9. The van der Waals surface area contributed by atoms with Crippen LogP contribution in [0.1, 0.15) is 11.1 Å². The Kier molecular flexibility index (Phi) is 5.06. The highest BCUT2D eigenvalue weighted by Crippen LogP contribution is 2.26. The third kappa shape index (κ3) is 3.82. The lowest BCUT2D eigenvalue weighted by atomic mass is 10.2. The molecule has 0 unspecified atom stereocenters. The van der Waals surface area contributed by atoms with Gasteiger partial charge in [-0.1, -0.05) is 64.4 Å². The molecule has 2 heterocycles. The Labute approximate surface area is 164 Å². The lowest BCUT2D eigenvalue weighted by Gasteiger charge is -2.04. The monoisotopic (exact) mass is 401 g/mol. The van der Waals surface area contributed by atoms with Crippen molar-refractivity contribution < 1.29 is 0 Å². The van der Waals surface area contributed by atoms with Gasteiger partial charge in [-0.3, -0.25) is 0 Å².